The molecule has 0 bridgehead atoms. The van der Waals surface area contributed by atoms with Crippen LogP contribution in [0.3, 0.4) is 0 Å². The second-order valence-electron chi connectivity index (χ2n) is 7.68. The Morgan fingerprint density at radius 3 is 2.52 bits per heavy atom. The molecule has 1 atom stereocenters. The van der Waals surface area contributed by atoms with Gasteiger partial charge in [-0.3, -0.25) is 19.7 Å². The van der Waals surface area contributed by atoms with Crippen LogP contribution in [-0.4, -0.2) is 29.2 Å². The monoisotopic (exact) mass is 410 g/mol. The van der Waals surface area contributed by atoms with Crippen LogP contribution in [0.5, 0.6) is 0 Å². The topological polar surface area (TPSA) is 66.5 Å². The number of piperidine rings is 2. The molecule has 150 valence electrons. The predicted octanol–water partition coefficient (Wildman–Crippen LogP) is 4.04. The van der Waals surface area contributed by atoms with E-state index in [0.29, 0.717) is 30.8 Å². The lowest BCUT2D eigenvalue weighted by molar-refractivity contribution is -0.135. The third kappa shape index (κ3) is 4.20. The van der Waals surface area contributed by atoms with Gasteiger partial charge in [-0.05, 0) is 36.0 Å². The molecule has 0 radical (unpaired) electrons. The second kappa shape index (κ2) is 8.37. The molecular weight excluding hydrogens is 388 g/mol. The van der Waals surface area contributed by atoms with Gasteiger partial charge in [-0.1, -0.05) is 54.1 Å². The summed E-state index contributed by atoms with van der Waals surface area (Å²) in [6, 6.07) is 13.7. The quantitative estimate of drug-likeness (QED) is 0.773. The van der Waals surface area contributed by atoms with Gasteiger partial charge in [0.25, 0.3) is 0 Å². The SMILES string of the molecule is O=C1CCC(c2cccc(-c3ccc(CN4CCCCC4=O)cc3)c2Cl)C(=O)N1. The van der Waals surface area contributed by atoms with E-state index in [2.05, 4.69) is 5.32 Å². The minimum atomic E-state index is -0.412. The van der Waals surface area contributed by atoms with E-state index < -0.39 is 5.92 Å². The summed E-state index contributed by atoms with van der Waals surface area (Å²) in [7, 11) is 0. The molecule has 0 saturated carbocycles. The van der Waals surface area contributed by atoms with Crippen molar-refractivity contribution in [2.45, 2.75) is 44.6 Å². The van der Waals surface area contributed by atoms with E-state index in [1.165, 1.54) is 0 Å². The van der Waals surface area contributed by atoms with E-state index in [1.807, 2.05) is 47.4 Å². The number of nitrogens with one attached hydrogen (secondary N) is 1. The fourth-order valence-electron chi connectivity index (χ4n) is 4.07. The molecule has 1 unspecified atom stereocenters. The Labute approximate surface area is 175 Å². The van der Waals surface area contributed by atoms with Gasteiger partial charge in [-0.15, -0.1) is 0 Å². The zero-order chi connectivity index (χ0) is 20.4. The molecule has 2 aromatic rings. The van der Waals surface area contributed by atoms with Crippen molar-refractivity contribution in [2.24, 2.45) is 0 Å². The Morgan fingerprint density at radius 1 is 1.00 bits per heavy atom. The molecule has 3 amide bonds. The van der Waals surface area contributed by atoms with E-state index in [-0.39, 0.29) is 17.7 Å². The highest BCUT2D eigenvalue weighted by molar-refractivity contribution is 6.34. The fraction of sp³-hybridized carbons (Fsp3) is 0.348. The van der Waals surface area contributed by atoms with Gasteiger partial charge in [0.15, 0.2) is 0 Å². The summed E-state index contributed by atoms with van der Waals surface area (Å²) in [5, 5.41) is 2.94. The van der Waals surface area contributed by atoms with Gasteiger partial charge in [-0.2, -0.15) is 0 Å². The van der Waals surface area contributed by atoms with Gasteiger partial charge in [0, 0.05) is 31.5 Å². The molecular formula is C23H23ClN2O3. The van der Waals surface area contributed by atoms with Gasteiger partial charge in [0.05, 0.1) is 10.9 Å². The highest BCUT2D eigenvalue weighted by Crippen LogP contribution is 2.37. The van der Waals surface area contributed by atoms with Crippen LogP contribution < -0.4 is 5.32 Å². The molecule has 2 aliphatic rings. The third-order valence-electron chi connectivity index (χ3n) is 5.70. The molecule has 4 rings (SSSR count). The first-order chi connectivity index (χ1) is 14.0. The van der Waals surface area contributed by atoms with Gasteiger partial charge in [0.1, 0.15) is 0 Å². The third-order valence-corrected chi connectivity index (χ3v) is 6.12. The Morgan fingerprint density at radius 2 is 1.79 bits per heavy atom. The van der Waals surface area contributed by atoms with Crippen LogP contribution in [0.1, 0.15) is 49.1 Å². The Balaban J connectivity index is 1.55. The average molecular weight is 411 g/mol. The van der Waals surface area contributed by atoms with E-state index in [0.717, 1.165) is 41.6 Å². The van der Waals surface area contributed by atoms with Crippen LogP contribution in [0.25, 0.3) is 11.1 Å². The Hall–Kier alpha value is -2.66. The zero-order valence-electron chi connectivity index (χ0n) is 16.1. The Kier molecular flexibility index (Phi) is 5.67. The fourth-order valence-corrected chi connectivity index (χ4v) is 4.44. The number of carbonyl (C=O) groups excluding carboxylic acids is 3. The number of imide groups is 1. The molecule has 2 saturated heterocycles. The molecule has 2 aliphatic heterocycles. The van der Waals surface area contributed by atoms with Crippen molar-refractivity contribution in [2.75, 3.05) is 6.54 Å². The minimum absolute atomic E-state index is 0.223. The summed E-state index contributed by atoms with van der Waals surface area (Å²) in [6.45, 7) is 1.45. The molecule has 29 heavy (non-hydrogen) atoms. The lowest BCUT2D eigenvalue weighted by atomic mass is 9.88. The standard InChI is InChI=1S/C23H23ClN2O3/c24-22-17(4-3-5-18(22)19-11-12-20(27)25-23(19)29)16-9-7-15(8-10-16)14-26-13-2-1-6-21(26)28/h3-5,7-10,19H,1-2,6,11-14H2,(H,25,27,29). The number of halogens is 1. The molecule has 0 aliphatic carbocycles. The number of nitrogens with zero attached hydrogens (tertiary/aromatic N) is 1. The summed E-state index contributed by atoms with van der Waals surface area (Å²) in [5.74, 6) is -0.715. The molecule has 5 nitrogen and oxygen atoms in total. The largest absolute Gasteiger partial charge is 0.338 e. The first-order valence-corrected chi connectivity index (χ1v) is 10.4. The summed E-state index contributed by atoms with van der Waals surface area (Å²) in [6.07, 6.45) is 3.47. The highest BCUT2D eigenvalue weighted by atomic mass is 35.5. The van der Waals surface area contributed by atoms with Crippen LogP contribution in [0.4, 0.5) is 0 Å². The Bertz CT molecular complexity index is 955. The van der Waals surface area contributed by atoms with Gasteiger partial charge in [0.2, 0.25) is 17.7 Å². The predicted molar refractivity (Wildman–Crippen MR) is 111 cm³/mol. The van der Waals surface area contributed by atoms with E-state index in [9.17, 15) is 14.4 Å². The molecule has 2 fully saturated rings. The molecule has 2 heterocycles. The van der Waals surface area contributed by atoms with Crippen molar-refractivity contribution in [3.8, 4) is 11.1 Å². The molecule has 0 spiro atoms. The summed E-state index contributed by atoms with van der Waals surface area (Å²) >= 11 is 6.68. The number of carbonyl (C=O) groups is 3. The van der Waals surface area contributed by atoms with E-state index in [1.54, 1.807) is 0 Å². The molecule has 2 aromatic carbocycles. The minimum Gasteiger partial charge on any atom is -0.338 e. The van der Waals surface area contributed by atoms with Crippen LogP contribution >= 0.6 is 11.6 Å². The van der Waals surface area contributed by atoms with E-state index >= 15 is 0 Å². The number of amides is 3. The maximum atomic E-state index is 12.2. The summed E-state index contributed by atoms with van der Waals surface area (Å²) in [5.41, 5.74) is 3.64. The van der Waals surface area contributed by atoms with Crippen LogP contribution in [0, 0.1) is 0 Å². The smallest absolute Gasteiger partial charge is 0.234 e. The van der Waals surface area contributed by atoms with Crippen molar-refractivity contribution >= 4 is 29.3 Å². The maximum absolute atomic E-state index is 12.2. The number of likely N-dealkylation sites (tertiary alicyclic amines) is 1. The van der Waals surface area contributed by atoms with Crippen molar-refractivity contribution in [1.29, 1.82) is 0 Å². The van der Waals surface area contributed by atoms with Gasteiger partial charge in [-0.25, -0.2) is 0 Å². The van der Waals surface area contributed by atoms with Crippen molar-refractivity contribution in [3.63, 3.8) is 0 Å². The van der Waals surface area contributed by atoms with Crippen LogP contribution in [0.2, 0.25) is 5.02 Å². The van der Waals surface area contributed by atoms with Gasteiger partial charge >= 0.3 is 0 Å². The van der Waals surface area contributed by atoms with Crippen molar-refractivity contribution in [3.05, 3.63) is 58.6 Å². The average Bonchev–Trinajstić information content (AvgIpc) is 2.71. The summed E-state index contributed by atoms with van der Waals surface area (Å²) < 4.78 is 0. The molecule has 0 aromatic heterocycles. The first kappa shape index (κ1) is 19.6. The van der Waals surface area contributed by atoms with E-state index in [4.69, 9.17) is 11.6 Å². The number of rotatable bonds is 4. The lowest BCUT2D eigenvalue weighted by Crippen LogP contribution is -2.39. The molecule has 1 N–H and O–H groups in total. The summed E-state index contributed by atoms with van der Waals surface area (Å²) in [4.78, 5) is 37.6. The van der Waals surface area contributed by atoms with Crippen LogP contribution in [-0.2, 0) is 20.9 Å². The molecule has 6 heteroatoms. The number of hydrogen-bond acceptors (Lipinski definition) is 3. The van der Waals surface area contributed by atoms with Crippen molar-refractivity contribution < 1.29 is 14.4 Å². The normalized spacial score (nSPS) is 20.0. The van der Waals surface area contributed by atoms with Gasteiger partial charge < -0.3 is 4.90 Å². The first-order valence-electron chi connectivity index (χ1n) is 10.0. The lowest BCUT2D eigenvalue weighted by Gasteiger charge is -2.26. The zero-order valence-corrected chi connectivity index (χ0v) is 16.9. The number of hydrogen-bond donors (Lipinski definition) is 1. The number of benzene rings is 2. The maximum Gasteiger partial charge on any atom is 0.234 e. The van der Waals surface area contributed by atoms with Crippen molar-refractivity contribution in [1.82, 2.24) is 10.2 Å². The second-order valence-corrected chi connectivity index (χ2v) is 8.06. The van der Waals surface area contributed by atoms with Crippen LogP contribution in [0.15, 0.2) is 42.5 Å². The highest BCUT2D eigenvalue weighted by Gasteiger charge is 2.30.